The second kappa shape index (κ2) is 9.11. The first-order valence-corrected chi connectivity index (χ1v) is 11.0. The summed E-state index contributed by atoms with van der Waals surface area (Å²) in [4.78, 5) is 26.1. The van der Waals surface area contributed by atoms with Crippen molar-refractivity contribution in [2.24, 2.45) is 5.10 Å². The lowest BCUT2D eigenvalue weighted by molar-refractivity contribution is 0.0949. The third-order valence-corrected chi connectivity index (χ3v) is 5.75. The van der Waals surface area contributed by atoms with Crippen molar-refractivity contribution in [3.63, 3.8) is 0 Å². The molecule has 166 valence electrons. The van der Waals surface area contributed by atoms with Gasteiger partial charge in [-0.3, -0.25) is 9.59 Å². The second-order valence-electron chi connectivity index (χ2n) is 8.04. The lowest BCUT2D eigenvalue weighted by Gasteiger charge is -2.11. The molecule has 0 bridgehead atoms. The zero-order valence-corrected chi connectivity index (χ0v) is 18.6. The van der Waals surface area contributed by atoms with Crippen molar-refractivity contribution in [3.05, 3.63) is 124 Å². The first kappa shape index (κ1) is 21.3. The van der Waals surface area contributed by atoms with Crippen molar-refractivity contribution < 1.29 is 4.79 Å². The van der Waals surface area contributed by atoms with E-state index < -0.39 is 5.91 Å². The van der Waals surface area contributed by atoms with Crippen LogP contribution < -0.4 is 11.0 Å². The van der Waals surface area contributed by atoms with E-state index >= 15 is 0 Å². The topological polar surface area (TPSA) is 76.3 Å². The smallest absolute Gasteiger partial charge is 0.267 e. The Bertz CT molecular complexity index is 1600. The number of rotatable bonds is 5. The normalized spacial score (nSPS) is 11.6. The molecule has 1 amide bonds. The van der Waals surface area contributed by atoms with Gasteiger partial charge in [0.25, 0.3) is 11.5 Å². The summed E-state index contributed by atoms with van der Waals surface area (Å²) in [6.45, 7) is 2.11. The van der Waals surface area contributed by atoms with Gasteiger partial charge in [-0.1, -0.05) is 84.9 Å². The largest absolute Gasteiger partial charge is 0.292 e. The minimum Gasteiger partial charge on any atom is -0.267 e. The molecule has 4 aromatic carbocycles. The van der Waals surface area contributed by atoms with Gasteiger partial charge in [0.1, 0.15) is 0 Å². The van der Waals surface area contributed by atoms with E-state index in [1.54, 1.807) is 24.3 Å². The fourth-order valence-corrected chi connectivity index (χ4v) is 3.93. The van der Waals surface area contributed by atoms with Crippen LogP contribution in [-0.2, 0) is 6.54 Å². The molecule has 5 aromatic rings. The van der Waals surface area contributed by atoms with Gasteiger partial charge < -0.3 is 0 Å². The Morgan fingerprint density at radius 2 is 1.53 bits per heavy atom. The minimum atomic E-state index is -0.474. The van der Waals surface area contributed by atoms with E-state index in [0.717, 1.165) is 21.9 Å². The van der Waals surface area contributed by atoms with Gasteiger partial charge >= 0.3 is 0 Å². The van der Waals surface area contributed by atoms with Crippen molar-refractivity contribution >= 4 is 33.2 Å². The van der Waals surface area contributed by atoms with Crippen LogP contribution in [0.25, 0.3) is 21.5 Å². The van der Waals surface area contributed by atoms with Crippen LogP contribution in [0.5, 0.6) is 0 Å². The summed E-state index contributed by atoms with van der Waals surface area (Å²) in [6.07, 6.45) is 0. The highest BCUT2D eigenvalue weighted by atomic mass is 16.2. The molecule has 1 aromatic heterocycles. The fourth-order valence-electron chi connectivity index (χ4n) is 3.93. The van der Waals surface area contributed by atoms with E-state index in [-0.39, 0.29) is 17.8 Å². The molecule has 0 spiro atoms. The van der Waals surface area contributed by atoms with Gasteiger partial charge in [0.15, 0.2) is 5.69 Å². The number of nitrogens with one attached hydrogen (secondary N) is 1. The van der Waals surface area contributed by atoms with E-state index in [2.05, 4.69) is 21.7 Å². The van der Waals surface area contributed by atoms with Crippen LogP contribution >= 0.6 is 0 Å². The molecule has 0 aliphatic rings. The van der Waals surface area contributed by atoms with Crippen molar-refractivity contribution in [2.75, 3.05) is 0 Å². The number of aromatic nitrogens is 2. The third-order valence-electron chi connectivity index (χ3n) is 5.75. The van der Waals surface area contributed by atoms with Gasteiger partial charge in [-0.05, 0) is 41.0 Å². The quantitative estimate of drug-likeness (QED) is 0.313. The van der Waals surface area contributed by atoms with E-state index in [0.29, 0.717) is 16.5 Å². The van der Waals surface area contributed by atoms with Crippen LogP contribution in [0.15, 0.2) is 107 Å². The molecule has 5 rings (SSSR count). The maximum atomic E-state index is 13.1. The third kappa shape index (κ3) is 4.21. The average molecular weight is 447 g/mol. The van der Waals surface area contributed by atoms with Gasteiger partial charge in [0, 0.05) is 5.39 Å². The summed E-state index contributed by atoms with van der Waals surface area (Å²) >= 11 is 0. The van der Waals surface area contributed by atoms with Crippen LogP contribution in [-0.4, -0.2) is 21.4 Å². The maximum absolute atomic E-state index is 13.1. The van der Waals surface area contributed by atoms with Gasteiger partial charge in [-0.15, -0.1) is 0 Å². The van der Waals surface area contributed by atoms with Crippen molar-refractivity contribution in [1.82, 2.24) is 15.2 Å². The van der Waals surface area contributed by atoms with Gasteiger partial charge in [0.05, 0.1) is 17.6 Å². The molecule has 1 heterocycles. The highest BCUT2D eigenvalue weighted by Crippen LogP contribution is 2.17. The Morgan fingerprint density at radius 3 is 2.32 bits per heavy atom. The summed E-state index contributed by atoms with van der Waals surface area (Å²) in [7, 11) is 0. The molecule has 0 atom stereocenters. The average Bonchev–Trinajstić information content (AvgIpc) is 2.89. The molecular weight excluding hydrogens is 424 g/mol. The van der Waals surface area contributed by atoms with Crippen molar-refractivity contribution in [1.29, 1.82) is 0 Å². The first-order chi connectivity index (χ1) is 16.6. The monoisotopic (exact) mass is 446 g/mol. The molecule has 0 fully saturated rings. The highest BCUT2D eigenvalue weighted by molar-refractivity contribution is 6.06. The highest BCUT2D eigenvalue weighted by Gasteiger charge is 2.17. The SMILES string of the molecule is C/C(=N\NC(=O)c1nn(Cc2ccccc2)c(=O)c2ccccc12)c1ccc2ccccc2c1. The second-order valence-corrected chi connectivity index (χ2v) is 8.04. The molecule has 6 nitrogen and oxygen atoms in total. The van der Waals surface area contributed by atoms with Crippen LogP contribution in [0.1, 0.15) is 28.5 Å². The molecule has 1 N–H and O–H groups in total. The number of carbonyl (C=O) groups is 1. The zero-order valence-electron chi connectivity index (χ0n) is 18.6. The molecule has 0 radical (unpaired) electrons. The van der Waals surface area contributed by atoms with E-state index in [1.807, 2.05) is 73.7 Å². The molecule has 0 saturated heterocycles. The zero-order chi connectivity index (χ0) is 23.5. The summed E-state index contributed by atoms with van der Waals surface area (Å²) < 4.78 is 1.33. The Morgan fingerprint density at radius 1 is 0.853 bits per heavy atom. The lowest BCUT2D eigenvalue weighted by atomic mass is 10.0. The number of amides is 1. The Balaban J connectivity index is 1.48. The number of carbonyl (C=O) groups excluding carboxylic acids is 1. The van der Waals surface area contributed by atoms with Crippen molar-refractivity contribution in [3.8, 4) is 0 Å². The number of hydrazone groups is 1. The lowest BCUT2D eigenvalue weighted by Crippen LogP contribution is -2.29. The van der Waals surface area contributed by atoms with Crippen molar-refractivity contribution in [2.45, 2.75) is 13.5 Å². The molecule has 0 unspecified atom stereocenters. The number of benzene rings is 4. The minimum absolute atomic E-state index is 0.154. The molecular formula is C28H22N4O2. The number of hydrogen-bond acceptors (Lipinski definition) is 4. The van der Waals surface area contributed by atoms with Crippen LogP contribution in [0.4, 0.5) is 0 Å². The summed E-state index contributed by atoms with van der Waals surface area (Å²) in [5.41, 5.74) is 5.03. The van der Waals surface area contributed by atoms with Gasteiger partial charge in [-0.25, -0.2) is 10.1 Å². The fraction of sp³-hybridized carbons (Fsp3) is 0.0714. The number of hydrogen-bond donors (Lipinski definition) is 1. The van der Waals surface area contributed by atoms with E-state index in [4.69, 9.17) is 0 Å². The van der Waals surface area contributed by atoms with Crippen LogP contribution in [0, 0.1) is 0 Å². The summed E-state index contributed by atoms with van der Waals surface area (Å²) in [5.74, 6) is -0.474. The standard InChI is InChI=1S/C28H22N4O2/c1-19(22-16-15-21-11-5-6-12-23(21)17-22)29-30-27(33)26-24-13-7-8-14-25(24)28(34)32(31-26)18-20-9-3-2-4-10-20/h2-17H,18H2,1H3,(H,30,33)/b29-19+. The summed E-state index contributed by atoms with van der Waals surface area (Å²) in [5, 5.41) is 11.9. The Hall–Kier alpha value is -4.58. The Labute approximate surface area is 196 Å². The molecule has 0 aliphatic heterocycles. The maximum Gasteiger partial charge on any atom is 0.292 e. The van der Waals surface area contributed by atoms with Gasteiger partial charge in [0.2, 0.25) is 0 Å². The summed E-state index contributed by atoms with van der Waals surface area (Å²) in [6, 6.07) is 30.7. The molecule has 34 heavy (non-hydrogen) atoms. The van der Waals surface area contributed by atoms with E-state index in [9.17, 15) is 9.59 Å². The number of fused-ring (bicyclic) bond motifs is 2. The predicted octanol–water partition coefficient (Wildman–Crippen LogP) is 4.75. The molecule has 6 heteroatoms. The number of nitrogens with zero attached hydrogens (tertiary/aromatic N) is 3. The van der Waals surface area contributed by atoms with Gasteiger partial charge in [-0.2, -0.15) is 10.2 Å². The molecule has 0 saturated carbocycles. The van der Waals surface area contributed by atoms with Crippen LogP contribution in [0.3, 0.4) is 0 Å². The first-order valence-electron chi connectivity index (χ1n) is 11.0. The van der Waals surface area contributed by atoms with Crippen LogP contribution in [0.2, 0.25) is 0 Å². The Kier molecular flexibility index (Phi) is 5.70. The molecule has 0 aliphatic carbocycles. The predicted molar refractivity (Wildman–Crippen MR) is 135 cm³/mol. The van der Waals surface area contributed by atoms with E-state index in [1.165, 1.54) is 4.68 Å².